The van der Waals surface area contributed by atoms with Crippen LogP contribution in [0.1, 0.15) is 69.2 Å². The van der Waals surface area contributed by atoms with Gasteiger partial charge in [0.2, 0.25) is 0 Å². The van der Waals surface area contributed by atoms with Crippen molar-refractivity contribution in [2.24, 2.45) is 0 Å². The van der Waals surface area contributed by atoms with E-state index < -0.39 is 90.0 Å². The number of esters is 5. The minimum atomic E-state index is -1.12. The molecule has 0 unspecified atom stereocenters. The van der Waals surface area contributed by atoms with Crippen LogP contribution < -0.4 is 0 Å². The maximum atomic E-state index is 13.2. The third kappa shape index (κ3) is 8.21. The summed E-state index contributed by atoms with van der Waals surface area (Å²) in [6.45, 7) is 15.6. The van der Waals surface area contributed by atoms with Gasteiger partial charge >= 0.3 is 29.8 Å². The van der Waals surface area contributed by atoms with Gasteiger partial charge in [0.15, 0.2) is 0 Å². The SMILES string of the molecule is CC(C)OC(=O)[C]1[C](C(=O)OC(C)C)[C](C(=O)OC(C)C)[C](C(=O)OC(C)C)[C]1C(=O)OC(C)C. The second-order valence-corrected chi connectivity index (χ2v) is 9.15. The molecule has 5 radical (unpaired) electrons. The molecule has 0 spiro atoms. The smallest absolute Gasteiger partial charge is 0.316 e. The number of carbonyl (C=O) groups is 5. The van der Waals surface area contributed by atoms with E-state index in [9.17, 15) is 24.0 Å². The molecule has 1 fully saturated rings. The van der Waals surface area contributed by atoms with E-state index in [1.54, 1.807) is 69.2 Å². The van der Waals surface area contributed by atoms with Crippen LogP contribution in [0.4, 0.5) is 0 Å². The second-order valence-electron chi connectivity index (χ2n) is 9.15. The molecule has 10 heteroatoms. The van der Waals surface area contributed by atoms with E-state index in [-0.39, 0.29) is 0 Å². The Bertz CT molecular complexity index is 622. The summed E-state index contributed by atoms with van der Waals surface area (Å²) in [5.74, 6) is -8.70. The van der Waals surface area contributed by atoms with Crippen molar-refractivity contribution >= 4 is 29.8 Å². The van der Waals surface area contributed by atoms with Gasteiger partial charge < -0.3 is 23.7 Å². The molecule has 0 aromatic carbocycles. The van der Waals surface area contributed by atoms with Crippen molar-refractivity contribution in [3.63, 3.8) is 0 Å². The predicted molar refractivity (Wildman–Crippen MR) is 122 cm³/mol. The van der Waals surface area contributed by atoms with Crippen molar-refractivity contribution in [3.05, 3.63) is 29.6 Å². The molecule has 0 N–H and O–H groups in total. The van der Waals surface area contributed by atoms with E-state index in [0.717, 1.165) is 0 Å². The van der Waals surface area contributed by atoms with Crippen LogP contribution in [-0.4, -0.2) is 60.4 Å². The number of carbonyl (C=O) groups excluding carboxylic acids is 5. The topological polar surface area (TPSA) is 132 Å². The van der Waals surface area contributed by atoms with Crippen molar-refractivity contribution in [1.29, 1.82) is 0 Å². The van der Waals surface area contributed by atoms with Gasteiger partial charge in [-0.2, -0.15) is 0 Å². The number of ether oxygens (including phenoxy) is 5. The molecule has 0 amide bonds. The first-order chi connectivity index (χ1) is 16.1. The molecule has 0 aromatic rings. The van der Waals surface area contributed by atoms with Crippen molar-refractivity contribution in [2.45, 2.75) is 99.8 Å². The lowest BCUT2D eigenvalue weighted by molar-refractivity contribution is -0.152. The Morgan fingerprint density at radius 2 is 0.457 bits per heavy atom. The normalized spacial score (nSPS) is 16.4. The first kappa shape index (κ1) is 30.4. The lowest BCUT2D eigenvalue weighted by atomic mass is 9.86. The molecule has 1 rings (SSSR count). The fourth-order valence-corrected chi connectivity index (χ4v) is 3.01. The number of rotatable bonds is 10. The second kappa shape index (κ2) is 12.9. The van der Waals surface area contributed by atoms with E-state index >= 15 is 0 Å². The zero-order chi connectivity index (χ0) is 27.2. The molecule has 195 valence electrons. The quantitative estimate of drug-likeness (QED) is 0.329. The number of hydrogen-bond acceptors (Lipinski definition) is 10. The fourth-order valence-electron chi connectivity index (χ4n) is 3.01. The third-order valence-corrected chi connectivity index (χ3v) is 3.98. The molecule has 1 aliphatic carbocycles. The highest BCUT2D eigenvalue weighted by Gasteiger charge is 2.69. The van der Waals surface area contributed by atoms with Gasteiger partial charge in [-0.1, -0.05) is 0 Å². The van der Waals surface area contributed by atoms with Crippen molar-refractivity contribution in [1.82, 2.24) is 0 Å². The van der Waals surface area contributed by atoms with Gasteiger partial charge in [-0.05, 0) is 69.2 Å². The van der Waals surface area contributed by atoms with E-state index in [1.807, 2.05) is 0 Å². The van der Waals surface area contributed by atoms with Gasteiger partial charge in [-0.25, -0.2) is 0 Å². The zero-order valence-corrected chi connectivity index (χ0v) is 22.0. The van der Waals surface area contributed by atoms with Crippen LogP contribution in [0.2, 0.25) is 0 Å². The standard InChI is InChI=1S/C25H35O10/c1-11(2)31-21(26)16-17(22(27)32-12(3)4)19(24(29)34-14(7)8)20(25(30)35-15(9)10)18(16)23(28)33-13(5)6/h11-15H,1-10H3. The average Bonchev–Trinajstić information content (AvgIpc) is 3.02. The Balaban J connectivity index is 3.84. The molecule has 0 aliphatic heterocycles. The Kier molecular flexibility index (Phi) is 11.2. The molecule has 0 heterocycles. The Hall–Kier alpha value is -2.65. The maximum Gasteiger partial charge on any atom is 0.316 e. The Morgan fingerprint density at radius 3 is 0.543 bits per heavy atom. The van der Waals surface area contributed by atoms with Gasteiger partial charge in [0.05, 0.1) is 30.5 Å². The molecule has 0 atom stereocenters. The molecule has 0 saturated heterocycles. The molecular formula is C25H35O10. The van der Waals surface area contributed by atoms with E-state index in [1.165, 1.54) is 0 Å². The first-order valence-corrected chi connectivity index (χ1v) is 11.5. The van der Waals surface area contributed by atoms with Crippen molar-refractivity contribution in [3.8, 4) is 0 Å². The Labute approximate surface area is 207 Å². The summed E-state index contributed by atoms with van der Waals surface area (Å²) >= 11 is 0. The summed E-state index contributed by atoms with van der Waals surface area (Å²) in [6.07, 6.45) is -3.28. The highest BCUT2D eigenvalue weighted by Crippen LogP contribution is 2.56. The highest BCUT2D eigenvalue weighted by molar-refractivity contribution is 6.28. The monoisotopic (exact) mass is 495 g/mol. The minimum absolute atomic E-state index is 0.624. The van der Waals surface area contributed by atoms with Gasteiger partial charge in [-0.15, -0.1) is 0 Å². The molecule has 35 heavy (non-hydrogen) atoms. The minimum Gasteiger partial charge on any atom is -0.462 e. The van der Waals surface area contributed by atoms with E-state index in [4.69, 9.17) is 23.7 Å². The molecule has 1 aliphatic rings. The van der Waals surface area contributed by atoms with Gasteiger partial charge in [0.25, 0.3) is 0 Å². The van der Waals surface area contributed by atoms with Crippen LogP contribution in [0.15, 0.2) is 0 Å². The van der Waals surface area contributed by atoms with Crippen LogP contribution >= 0.6 is 0 Å². The van der Waals surface area contributed by atoms with E-state index in [2.05, 4.69) is 0 Å². The molecular weight excluding hydrogens is 460 g/mol. The molecule has 10 nitrogen and oxygen atoms in total. The average molecular weight is 496 g/mol. The van der Waals surface area contributed by atoms with Gasteiger partial charge in [0, 0.05) is 0 Å². The van der Waals surface area contributed by atoms with Crippen LogP contribution in [0, 0.1) is 29.6 Å². The zero-order valence-electron chi connectivity index (χ0n) is 22.0. The Morgan fingerprint density at radius 1 is 0.343 bits per heavy atom. The summed E-state index contributed by atoms with van der Waals surface area (Å²) in [7, 11) is 0. The van der Waals surface area contributed by atoms with Crippen molar-refractivity contribution < 1.29 is 47.7 Å². The summed E-state index contributed by atoms with van der Waals surface area (Å²) < 4.78 is 26.3. The predicted octanol–water partition coefficient (Wildman–Crippen LogP) is 2.63. The van der Waals surface area contributed by atoms with Crippen LogP contribution in [0.5, 0.6) is 0 Å². The summed E-state index contributed by atoms with van der Waals surface area (Å²) in [5, 5.41) is 0. The summed E-state index contributed by atoms with van der Waals surface area (Å²) in [5.41, 5.74) is 0. The molecule has 1 saturated carbocycles. The number of hydrogen-bond donors (Lipinski definition) is 0. The fraction of sp³-hybridized carbons (Fsp3) is 0.600. The van der Waals surface area contributed by atoms with Gasteiger partial charge in [0.1, 0.15) is 29.6 Å². The van der Waals surface area contributed by atoms with Crippen molar-refractivity contribution in [2.75, 3.05) is 0 Å². The van der Waals surface area contributed by atoms with Crippen LogP contribution in [-0.2, 0) is 47.7 Å². The maximum absolute atomic E-state index is 13.2. The highest BCUT2D eigenvalue weighted by atomic mass is 16.6. The largest absolute Gasteiger partial charge is 0.462 e. The van der Waals surface area contributed by atoms with Gasteiger partial charge in [-0.3, -0.25) is 24.0 Å². The molecule has 0 bridgehead atoms. The van der Waals surface area contributed by atoms with E-state index in [0.29, 0.717) is 0 Å². The van der Waals surface area contributed by atoms with Crippen LogP contribution in [0.3, 0.4) is 0 Å². The first-order valence-electron chi connectivity index (χ1n) is 11.5. The lowest BCUT2D eigenvalue weighted by Gasteiger charge is -2.23. The summed E-state index contributed by atoms with van der Waals surface area (Å²) in [6, 6.07) is 0. The molecule has 0 aromatic heterocycles. The van der Waals surface area contributed by atoms with Crippen LogP contribution in [0.25, 0.3) is 0 Å². The lowest BCUT2D eigenvalue weighted by Crippen LogP contribution is -2.36. The summed E-state index contributed by atoms with van der Waals surface area (Å²) in [4.78, 5) is 66.0. The third-order valence-electron chi connectivity index (χ3n) is 3.98.